The molecule has 0 aromatic carbocycles. The largest absolute Gasteiger partial charge is 0.444 e. The van der Waals surface area contributed by atoms with Gasteiger partial charge in [0.1, 0.15) is 11.2 Å². The van der Waals surface area contributed by atoms with Crippen molar-refractivity contribution >= 4 is 12.2 Å². The van der Waals surface area contributed by atoms with Crippen molar-refractivity contribution < 1.29 is 19.1 Å². The summed E-state index contributed by atoms with van der Waals surface area (Å²) in [4.78, 5) is 31.6. The maximum absolute atomic E-state index is 12.5. The number of hydrogen-bond donors (Lipinski definition) is 3. The van der Waals surface area contributed by atoms with Crippen LogP contribution >= 0.6 is 0 Å². The highest BCUT2D eigenvalue weighted by Crippen LogP contribution is 2.29. The Kier molecular flexibility index (Phi) is 8.41. The summed E-state index contributed by atoms with van der Waals surface area (Å²) in [7, 11) is 0. The Labute approximate surface area is 203 Å². The van der Waals surface area contributed by atoms with Crippen LogP contribution in [0.25, 0.3) is 0 Å². The number of piperidine rings is 1. The second-order valence-corrected chi connectivity index (χ2v) is 11.2. The van der Waals surface area contributed by atoms with Crippen molar-refractivity contribution in [2.45, 2.75) is 103 Å². The first-order valence-corrected chi connectivity index (χ1v) is 12.3. The molecule has 0 spiro atoms. The molecule has 1 aromatic rings. The lowest BCUT2D eigenvalue weighted by molar-refractivity contribution is 0.0209. The number of amides is 2. The topological polar surface area (TPSA) is 105 Å². The Bertz CT molecular complexity index is 810. The number of alkyl carbamates (subject to hydrolysis) is 2. The fourth-order valence-electron chi connectivity index (χ4n) is 4.44. The number of ether oxygens (including phenoxy) is 2. The van der Waals surface area contributed by atoms with E-state index in [-0.39, 0.29) is 6.04 Å². The Morgan fingerprint density at radius 1 is 1.00 bits per heavy atom. The molecule has 2 aliphatic rings. The maximum atomic E-state index is 12.5. The molecule has 1 aliphatic heterocycles. The third-order valence-corrected chi connectivity index (χ3v) is 5.83. The van der Waals surface area contributed by atoms with Crippen LogP contribution in [0.15, 0.2) is 18.3 Å². The molecule has 1 saturated heterocycles. The van der Waals surface area contributed by atoms with E-state index in [9.17, 15) is 9.59 Å². The summed E-state index contributed by atoms with van der Waals surface area (Å²) in [5.41, 5.74) is 1.24. The van der Waals surface area contributed by atoms with Gasteiger partial charge in [0.2, 0.25) is 0 Å². The molecule has 0 saturated carbocycles. The molecule has 190 valence electrons. The number of likely N-dealkylation sites (tertiary alicyclic amines) is 1. The van der Waals surface area contributed by atoms with Crippen LogP contribution in [0, 0.1) is 0 Å². The third-order valence-electron chi connectivity index (χ3n) is 5.83. The van der Waals surface area contributed by atoms with Crippen molar-refractivity contribution in [2.75, 3.05) is 13.1 Å². The van der Waals surface area contributed by atoms with E-state index >= 15 is 0 Å². The molecule has 1 aromatic heterocycles. The molecule has 0 radical (unpaired) electrons. The van der Waals surface area contributed by atoms with Gasteiger partial charge in [-0.05, 0) is 85.3 Å². The van der Waals surface area contributed by atoms with Crippen molar-refractivity contribution in [1.82, 2.24) is 25.8 Å². The molecular formula is C25H41N5O4. The van der Waals surface area contributed by atoms with Crippen molar-refractivity contribution in [3.63, 3.8) is 0 Å². The van der Waals surface area contributed by atoms with Crippen LogP contribution in [0.1, 0.15) is 84.5 Å². The van der Waals surface area contributed by atoms with Gasteiger partial charge in [0.05, 0.1) is 5.69 Å². The van der Waals surface area contributed by atoms with E-state index in [2.05, 4.69) is 27.0 Å². The Balaban J connectivity index is 1.59. The molecular weight excluding hydrogens is 434 g/mol. The minimum Gasteiger partial charge on any atom is -0.444 e. The number of carbonyl (C=O) groups excluding carboxylic acids is 2. The molecule has 9 nitrogen and oxygen atoms in total. The van der Waals surface area contributed by atoms with E-state index in [1.54, 1.807) is 41.5 Å². The highest BCUT2D eigenvalue weighted by Gasteiger charge is 2.32. The molecule has 9 heteroatoms. The molecule has 2 heterocycles. The molecule has 2 amide bonds. The van der Waals surface area contributed by atoms with Crippen LogP contribution in [-0.2, 0) is 15.9 Å². The quantitative estimate of drug-likeness (QED) is 0.556. The summed E-state index contributed by atoms with van der Waals surface area (Å²) in [5, 5.41) is 9.39. The van der Waals surface area contributed by atoms with Gasteiger partial charge in [-0.1, -0.05) is 6.07 Å². The van der Waals surface area contributed by atoms with Crippen LogP contribution in [0.3, 0.4) is 0 Å². The second-order valence-electron chi connectivity index (χ2n) is 11.2. The van der Waals surface area contributed by atoms with Gasteiger partial charge in [0.25, 0.3) is 0 Å². The van der Waals surface area contributed by atoms with Gasteiger partial charge >= 0.3 is 12.2 Å². The fraction of sp³-hybridized carbons (Fsp3) is 0.720. The summed E-state index contributed by atoms with van der Waals surface area (Å²) >= 11 is 0. The van der Waals surface area contributed by atoms with E-state index in [0.29, 0.717) is 19.1 Å². The molecule has 1 fully saturated rings. The fourth-order valence-corrected chi connectivity index (χ4v) is 4.44. The van der Waals surface area contributed by atoms with E-state index < -0.39 is 29.7 Å². The number of hydrogen-bond acceptors (Lipinski definition) is 7. The predicted molar refractivity (Wildman–Crippen MR) is 130 cm³/mol. The Morgan fingerprint density at radius 3 is 2.15 bits per heavy atom. The third kappa shape index (κ3) is 8.13. The van der Waals surface area contributed by atoms with Crippen LogP contribution in [0.2, 0.25) is 0 Å². The average molecular weight is 476 g/mol. The SMILES string of the molecule is CC(C)(C)OC(=O)NC(NC(=O)OC(C)(C)C)N1CCC(NC2CCCc3cccnc32)CC1. The van der Waals surface area contributed by atoms with Gasteiger partial charge in [-0.3, -0.25) is 20.5 Å². The second kappa shape index (κ2) is 10.9. The number of nitrogens with zero attached hydrogens (tertiary/aromatic N) is 2. The molecule has 1 aliphatic carbocycles. The maximum Gasteiger partial charge on any atom is 0.410 e. The zero-order valence-electron chi connectivity index (χ0n) is 21.4. The zero-order valence-corrected chi connectivity index (χ0v) is 21.4. The monoisotopic (exact) mass is 475 g/mol. The number of pyridine rings is 1. The summed E-state index contributed by atoms with van der Waals surface area (Å²) in [6.07, 6.45) is 5.11. The van der Waals surface area contributed by atoms with Gasteiger partial charge < -0.3 is 14.8 Å². The molecule has 3 N–H and O–H groups in total. The van der Waals surface area contributed by atoms with E-state index in [1.165, 1.54) is 11.3 Å². The standard InChI is InChI=1S/C25H41N5O4/c1-24(2,3)33-22(31)28-21(29-23(32)34-25(4,5)6)30-15-12-18(13-16-30)27-19-11-7-9-17-10-8-14-26-20(17)19/h8,10,14,18-19,21,27H,7,9,11-13,15-16H2,1-6H3,(H,28,31)(H,29,32). The Hall–Kier alpha value is -2.39. The lowest BCUT2D eigenvalue weighted by Crippen LogP contribution is -2.61. The predicted octanol–water partition coefficient (Wildman–Crippen LogP) is 3.85. The van der Waals surface area contributed by atoms with Crippen molar-refractivity contribution in [2.24, 2.45) is 0 Å². The minimum absolute atomic E-state index is 0.275. The summed E-state index contributed by atoms with van der Waals surface area (Å²) in [5.74, 6) is 0. The van der Waals surface area contributed by atoms with Crippen LogP contribution in [0.5, 0.6) is 0 Å². The van der Waals surface area contributed by atoms with Crippen LogP contribution < -0.4 is 16.0 Å². The number of carbonyl (C=O) groups is 2. The Morgan fingerprint density at radius 2 is 1.59 bits per heavy atom. The lowest BCUT2D eigenvalue weighted by atomic mass is 9.90. The number of fused-ring (bicyclic) bond motifs is 1. The van der Waals surface area contributed by atoms with Gasteiger partial charge in [-0.15, -0.1) is 0 Å². The highest BCUT2D eigenvalue weighted by molar-refractivity contribution is 5.71. The lowest BCUT2D eigenvalue weighted by Gasteiger charge is -2.39. The average Bonchev–Trinajstić information content (AvgIpc) is 2.71. The van der Waals surface area contributed by atoms with Gasteiger partial charge in [0.15, 0.2) is 6.29 Å². The van der Waals surface area contributed by atoms with Gasteiger partial charge in [-0.2, -0.15) is 0 Å². The highest BCUT2D eigenvalue weighted by atomic mass is 16.6. The molecule has 34 heavy (non-hydrogen) atoms. The van der Waals surface area contributed by atoms with Crippen LogP contribution in [0.4, 0.5) is 9.59 Å². The van der Waals surface area contributed by atoms with Crippen molar-refractivity contribution in [1.29, 1.82) is 0 Å². The molecule has 0 bridgehead atoms. The van der Waals surface area contributed by atoms with E-state index in [4.69, 9.17) is 9.47 Å². The van der Waals surface area contributed by atoms with E-state index in [1.807, 2.05) is 17.2 Å². The summed E-state index contributed by atoms with van der Waals surface area (Å²) < 4.78 is 10.8. The summed E-state index contributed by atoms with van der Waals surface area (Å²) in [6, 6.07) is 4.80. The molecule has 1 atom stereocenters. The first-order valence-electron chi connectivity index (χ1n) is 12.3. The smallest absolute Gasteiger partial charge is 0.410 e. The summed E-state index contributed by atoms with van der Waals surface area (Å²) in [6.45, 7) is 12.2. The van der Waals surface area contributed by atoms with Crippen molar-refractivity contribution in [3.05, 3.63) is 29.6 Å². The normalized spacial score (nSPS) is 19.9. The van der Waals surface area contributed by atoms with Gasteiger partial charge in [0, 0.05) is 31.4 Å². The molecule has 1 unspecified atom stereocenters. The van der Waals surface area contributed by atoms with Crippen LogP contribution in [-0.4, -0.2) is 58.7 Å². The molecule has 3 rings (SSSR count). The first kappa shape index (κ1) is 26.2. The zero-order chi connectivity index (χ0) is 24.9. The first-order chi connectivity index (χ1) is 15.9. The number of nitrogens with one attached hydrogen (secondary N) is 3. The van der Waals surface area contributed by atoms with Gasteiger partial charge in [-0.25, -0.2) is 9.59 Å². The number of rotatable bonds is 5. The minimum atomic E-state index is -0.720. The van der Waals surface area contributed by atoms with E-state index in [0.717, 1.165) is 32.1 Å². The number of aryl methyl sites for hydroxylation is 1. The van der Waals surface area contributed by atoms with Crippen molar-refractivity contribution in [3.8, 4) is 0 Å². The number of aromatic nitrogens is 1.